The van der Waals surface area contributed by atoms with Crippen molar-refractivity contribution in [3.63, 3.8) is 0 Å². The van der Waals surface area contributed by atoms with Crippen LogP contribution in [0.15, 0.2) is 0 Å². The van der Waals surface area contributed by atoms with Gasteiger partial charge in [0.2, 0.25) is 0 Å². The average Bonchev–Trinajstić information content (AvgIpc) is 3.16. The fraction of sp³-hybridized carbons (Fsp3) is 1.00. The van der Waals surface area contributed by atoms with E-state index >= 15 is 0 Å². The number of rotatable bonds is 4. The van der Waals surface area contributed by atoms with Crippen molar-refractivity contribution in [2.24, 2.45) is 23.7 Å². The number of hydrogen-bond acceptors (Lipinski definition) is 0. The van der Waals surface area contributed by atoms with E-state index < -0.39 is 0 Å². The molecule has 0 heteroatoms. The molecule has 1 rings (SSSR count). The van der Waals surface area contributed by atoms with Gasteiger partial charge in [-0.3, -0.25) is 0 Å². The van der Waals surface area contributed by atoms with Crippen molar-refractivity contribution in [2.75, 3.05) is 0 Å². The highest BCUT2D eigenvalue weighted by Crippen LogP contribution is 2.15. The molecule has 0 nitrogen and oxygen atoms in total. The topological polar surface area (TPSA) is 0 Å². The predicted octanol–water partition coefficient (Wildman–Crippen LogP) is 10.2. The second-order valence-corrected chi connectivity index (χ2v) is 8.98. The molecule has 158 valence electrons. The molecular weight excluding hydrogens is 300 g/mol. The summed E-state index contributed by atoms with van der Waals surface area (Å²) in [5.41, 5.74) is 0. The van der Waals surface area contributed by atoms with E-state index in [0.717, 1.165) is 23.7 Å². The third-order valence-corrected chi connectivity index (χ3v) is 4.52. The van der Waals surface area contributed by atoms with E-state index in [9.17, 15) is 0 Å². The van der Waals surface area contributed by atoms with Gasteiger partial charge in [0.25, 0.3) is 0 Å². The first-order chi connectivity index (χ1) is 11.6. The Morgan fingerprint density at radius 1 is 0.360 bits per heavy atom. The molecule has 0 radical (unpaired) electrons. The van der Waals surface area contributed by atoms with E-state index in [1.807, 2.05) is 0 Å². The first-order valence-corrected chi connectivity index (χ1v) is 11.6. The van der Waals surface area contributed by atoms with E-state index in [0.29, 0.717) is 0 Å². The van der Waals surface area contributed by atoms with E-state index in [-0.39, 0.29) is 0 Å². The SMILES string of the molecule is C1CCCC1.CCC(C)C.CCC(C)C.CCC(C)C.CCC(C)C. The Morgan fingerprint density at radius 3 is 0.480 bits per heavy atom. The molecule has 0 spiro atoms. The molecule has 0 bridgehead atoms. The quantitative estimate of drug-likeness (QED) is 0.468. The maximum atomic E-state index is 2.22. The molecule has 0 aromatic heterocycles. The average molecular weight is 359 g/mol. The van der Waals surface area contributed by atoms with Gasteiger partial charge in [0, 0.05) is 0 Å². The second kappa shape index (κ2) is 28.8. The van der Waals surface area contributed by atoms with Gasteiger partial charge < -0.3 is 0 Å². The van der Waals surface area contributed by atoms with Crippen molar-refractivity contribution in [3.05, 3.63) is 0 Å². The summed E-state index contributed by atoms with van der Waals surface area (Å²) >= 11 is 0. The van der Waals surface area contributed by atoms with Crippen LogP contribution < -0.4 is 0 Å². The van der Waals surface area contributed by atoms with Crippen LogP contribution in [0.3, 0.4) is 0 Å². The zero-order chi connectivity index (χ0) is 20.7. The van der Waals surface area contributed by atoms with Gasteiger partial charge in [-0.25, -0.2) is 0 Å². The minimum absolute atomic E-state index is 0.884. The Balaban J connectivity index is -0.000000110. The van der Waals surface area contributed by atoms with Crippen LogP contribution in [0.2, 0.25) is 0 Å². The van der Waals surface area contributed by atoms with Gasteiger partial charge in [-0.2, -0.15) is 0 Å². The summed E-state index contributed by atoms with van der Waals surface area (Å²) in [5, 5.41) is 0. The lowest BCUT2D eigenvalue weighted by molar-refractivity contribution is 0.626. The summed E-state index contributed by atoms with van der Waals surface area (Å²) in [7, 11) is 0. The van der Waals surface area contributed by atoms with Crippen molar-refractivity contribution in [1.29, 1.82) is 0 Å². The van der Waals surface area contributed by atoms with Crippen molar-refractivity contribution in [2.45, 2.75) is 141 Å². The van der Waals surface area contributed by atoms with Crippen LogP contribution in [-0.4, -0.2) is 0 Å². The molecule has 0 unspecified atom stereocenters. The Morgan fingerprint density at radius 2 is 0.440 bits per heavy atom. The first-order valence-electron chi connectivity index (χ1n) is 11.6. The zero-order valence-electron chi connectivity index (χ0n) is 20.7. The first kappa shape index (κ1) is 32.7. The molecule has 0 aromatic carbocycles. The van der Waals surface area contributed by atoms with Gasteiger partial charge in [-0.15, -0.1) is 0 Å². The van der Waals surface area contributed by atoms with Gasteiger partial charge in [-0.1, -0.05) is 141 Å². The van der Waals surface area contributed by atoms with E-state index in [1.54, 1.807) is 0 Å². The molecule has 0 atom stereocenters. The summed E-state index contributed by atoms with van der Waals surface area (Å²) in [6.07, 6.45) is 12.7. The third kappa shape index (κ3) is 68.7. The molecule has 25 heavy (non-hydrogen) atoms. The van der Waals surface area contributed by atoms with E-state index in [2.05, 4.69) is 83.1 Å². The van der Waals surface area contributed by atoms with Crippen LogP contribution in [-0.2, 0) is 0 Å². The molecule has 0 aromatic rings. The Kier molecular flexibility index (Phi) is 37.6. The normalized spacial score (nSPS) is 12.5. The highest BCUT2D eigenvalue weighted by Gasteiger charge is 1.95. The Hall–Kier alpha value is 0. The van der Waals surface area contributed by atoms with Gasteiger partial charge in [0.15, 0.2) is 0 Å². The van der Waals surface area contributed by atoms with E-state index in [1.165, 1.54) is 57.8 Å². The lowest BCUT2D eigenvalue weighted by Gasteiger charge is -1.90. The van der Waals surface area contributed by atoms with Crippen LogP contribution in [0, 0.1) is 23.7 Å². The van der Waals surface area contributed by atoms with Gasteiger partial charge >= 0.3 is 0 Å². The Labute approximate surface area is 165 Å². The summed E-state index contributed by atoms with van der Waals surface area (Å²) in [6, 6.07) is 0. The van der Waals surface area contributed by atoms with Crippen molar-refractivity contribution >= 4 is 0 Å². The lowest BCUT2D eigenvalue weighted by Crippen LogP contribution is -1.77. The minimum Gasteiger partial charge on any atom is -0.0651 e. The maximum absolute atomic E-state index is 2.22. The van der Waals surface area contributed by atoms with Crippen LogP contribution >= 0.6 is 0 Å². The highest BCUT2D eigenvalue weighted by molar-refractivity contribution is 4.51. The minimum atomic E-state index is 0.884. The summed E-state index contributed by atoms with van der Waals surface area (Å²) in [4.78, 5) is 0. The molecule has 1 aliphatic rings. The standard InChI is InChI=1S/C5H10.4C5H12/c1-2-4-5-3-1;4*1-4-5(2)3/h1-5H2;4*5H,4H2,1-3H3. The second-order valence-electron chi connectivity index (χ2n) is 8.98. The van der Waals surface area contributed by atoms with Crippen LogP contribution in [0.25, 0.3) is 0 Å². The molecule has 0 heterocycles. The van der Waals surface area contributed by atoms with Gasteiger partial charge in [0.1, 0.15) is 0 Å². The van der Waals surface area contributed by atoms with Crippen molar-refractivity contribution < 1.29 is 0 Å². The fourth-order valence-corrected chi connectivity index (χ4v) is 0.884. The zero-order valence-corrected chi connectivity index (χ0v) is 20.7. The predicted molar refractivity (Wildman–Crippen MR) is 124 cm³/mol. The van der Waals surface area contributed by atoms with Crippen LogP contribution in [0.1, 0.15) is 141 Å². The summed E-state index contributed by atoms with van der Waals surface area (Å²) in [6.45, 7) is 26.6. The van der Waals surface area contributed by atoms with Crippen molar-refractivity contribution in [3.8, 4) is 0 Å². The fourth-order valence-electron chi connectivity index (χ4n) is 0.884. The molecule has 0 aliphatic heterocycles. The lowest BCUT2D eigenvalue weighted by atomic mass is 10.2. The molecule has 0 saturated heterocycles. The summed E-state index contributed by atoms with van der Waals surface area (Å²) < 4.78 is 0. The molecule has 1 fully saturated rings. The molecule has 0 N–H and O–H groups in total. The third-order valence-electron chi connectivity index (χ3n) is 4.52. The maximum Gasteiger partial charge on any atom is -0.0474 e. The van der Waals surface area contributed by atoms with E-state index in [4.69, 9.17) is 0 Å². The summed E-state index contributed by atoms with van der Waals surface area (Å²) in [5.74, 6) is 3.54. The molecule has 1 saturated carbocycles. The van der Waals surface area contributed by atoms with Crippen LogP contribution in [0.4, 0.5) is 0 Å². The molecule has 1 aliphatic carbocycles. The Bertz CT molecular complexity index is 133. The monoisotopic (exact) mass is 358 g/mol. The smallest absolute Gasteiger partial charge is 0.0474 e. The highest BCUT2D eigenvalue weighted by atomic mass is 14.0. The molecular formula is C25H58. The van der Waals surface area contributed by atoms with Gasteiger partial charge in [-0.05, 0) is 23.7 Å². The molecule has 0 amide bonds. The largest absolute Gasteiger partial charge is 0.0651 e. The van der Waals surface area contributed by atoms with Crippen molar-refractivity contribution in [1.82, 2.24) is 0 Å². The number of hydrogen-bond donors (Lipinski definition) is 0. The van der Waals surface area contributed by atoms with Gasteiger partial charge in [0.05, 0.1) is 0 Å². The van der Waals surface area contributed by atoms with Crippen LogP contribution in [0.5, 0.6) is 0 Å².